The van der Waals surface area contributed by atoms with Crippen LogP contribution in [-0.2, 0) is 11.4 Å². The molecule has 3 rings (SSSR count). The zero-order valence-corrected chi connectivity index (χ0v) is 15.9. The number of halogens is 1. The van der Waals surface area contributed by atoms with E-state index < -0.39 is 5.91 Å². The van der Waals surface area contributed by atoms with Gasteiger partial charge < -0.3 is 10.1 Å². The molecule has 0 radical (unpaired) electrons. The maximum absolute atomic E-state index is 12.9. The van der Waals surface area contributed by atoms with Crippen LogP contribution in [0.3, 0.4) is 0 Å². The summed E-state index contributed by atoms with van der Waals surface area (Å²) in [6, 6.07) is 22.4. The van der Waals surface area contributed by atoms with Crippen molar-refractivity contribution < 1.29 is 13.9 Å². The van der Waals surface area contributed by atoms with E-state index in [9.17, 15) is 14.4 Å². The molecule has 0 aromatic heterocycles. The van der Waals surface area contributed by atoms with Crippen molar-refractivity contribution in [1.82, 2.24) is 0 Å². The van der Waals surface area contributed by atoms with Gasteiger partial charge in [-0.25, -0.2) is 4.39 Å². The van der Waals surface area contributed by atoms with E-state index in [4.69, 9.17) is 4.74 Å². The fourth-order valence-electron chi connectivity index (χ4n) is 2.56. The Morgan fingerprint density at radius 2 is 1.69 bits per heavy atom. The molecule has 0 saturated heterocycles. The van der Waals surface area contributed by atoms with E-state index in [2.05, 4.69) is 5.32 Å². The maximum atomic E-state index is 12.9. The van der Waals surface area contributed by atoms with E-state index in [-0.39, 0.29) is 11.4 Å². The Morgan fingerprint density at radius 3 is 2.31 bits per heavy atom. The molecule has 1 N–H and O–H groups in total. The highest BCUT2D eigenvalue weighted by Gasteiger charge is 2.09. The number of ether oxygens (including phenoxy) is 1. The number of carbonyl (C=O) groups excluding carboxylic acids is 1. The molecule has 0 aliphatic rings. The van der Waals surface area contributed by atoms with Crippen molar-refractivity contribution in [1.29, 1.82) is 5.26 Å². The van der Waals surface area contributed by atoms with Gasteiger partial charge in [-0.3, -0.25) is 4.79 Å². The monoisotopic (exact) mass is 386 g/mol. The fourth-order valence-corrected chi connectivity index (χ4v) is 2.56. The zero-order chi connectivity index (χ0) is 20.6. The summed E-state index contributed by atoms with van der Waals surface area (Å²) in [5.41, 5.74) is 3.28. The van der Waals surface area contributed by atoms with Crippen molar-refractivity contribution in [2.24, 2.45) is 0 Å². The summed E-state index contributed by atoms with van der Waals surface area (Å²) >= 11 is 0. The Bertz CT molecular complexity index is 1050. The molecular formula is C24H19FN2O2. The highest BCUT2D eigenvalue weighted by Crippen LogP contribution is 2.17. The predicted molar refractivity (Wildman–Crippen MR) is 111 cm³/mol. The van der Waals surface area contributed by atoms with Gasteiger partial charge in [0.2, 0.25) is 0 Å². The Hall–Kier alpha value is -3.91. The molecule has 0 saturated carbocycles. The second kappa shape index (κ2) is 9.34. The number of nitrogens with zero attached hydrogens (tertiary/aromatic N) is 1. The predicted octanol–water partition coefficient (Wildman–Crippen LogP) is 5.26. The van der Waals surface area contributed by atoms with Gasteiger partial charge in [-0.15, -0.1) is 0 Å². The third-order valence-corrected chi connectivity index (χ3v) is 4.18. The lowest BCUT2D eigenvalue weighted by molar-refractivity contribution is -0.112. The van der Waals surface area contributed by atoms with Gasteiger partial charge in [0.25, 0.3) is 5.91 Å². The van der Waals surface area contributed by atoms with Crippen molar-refractivity contribution in [3.05, 3.63) is 101 Å². The van der Waals surface area contributed by atoms with Crippen molar-refractivity contribution in [2.45, 2.75) is 13.5 Å². The van der Waals surface area contributed by atoms with Crippen LogP contribution in [0.25, 0.3) is 6.08 Å². The number of rotatable bonds is 6. The Morgan fingerprint density at radius 1 is 1.03 bits per heavy atom. The van der Waals surface area contributed by atoms with Crippen LogP contribution in [0.2, 0.25) is 0 Å². The van der Waals surface area contributed by atoms with Gasteiger partial charge in [0.1, 0.15) is 29.8 Å². The first-order valence-electron chi connectivity index (χ1n) is 9.00. The molecule has 3 aromatic rings. The summed E-state index contributed by atoms with van der Waals surface area (Å²) in [7, 11) is 0. The number of carbonyl (C=O) groups is 1. The molecule has 0 aliphatic carbocycles. The number of aryl methyl sites for hydroxylation is 1. The molecule has 144 valence electrons. The highest BCUT2D eigenvalue weighted by atomic mass is 19.1. The van der Waals surface area contributed by atoms with Crippen LogP contribution >= 0.6 is 0 Å². The second-order valence-electron chi connectivity index (χ2n) is 6.47. The zero-order valence-electron chi connectivity index (χ0n) is 15.9. The fraction of sp³-hybridized carbons (Fsp3) is 0.0833. The van der Waals surface area contributed by atoms with E-state index in [0.717, 1.165) is 11.1 Å². The Balaban J connectivity index is 1.63. The molecule has 1 amide bonds. The maximum Gasteiger partial charge on any atom is 0.266 e. The molecule has 0 aliphatic heterocycles. The molecule has 5 heteroatoms. The minimum atomic E-state index is -0.465. The molecule has 0 fully saturated rings. The standard InChI is InChI=1S/C24H19FN2O2/c1-17-2-10-22(11-3-17)27-24(28)20(15-26)14-18-6-12-23(13-7-18)29-16-19-4-8-21(25)9-5-19/h2-14H,16H2,1H3,(H,27,28)/b20-14+. The van der Waals surface area contributed by atoms with Gasteiger partial charge in [-0.05, 0) is 60.5 Å². The highest BCUT2D eigenvalue weighted by molar-refractivity contribution is 6.09. The van der Waals surface area contributed by atoms with Gasteiger partial charge >= 0.3 is 0 Å². The van der Waals surface area contributed by atoms with Crippen LogP contribution in [0.1, 0.15) is 16.7 Å². The molecule has 0 bridgehead atoms. The van der Waals surface area contributed by atoms with E-state index in [1.165, 1.54) is 18.2 Å². The Labute approximate surface area is 168 Å². The van der Waals surface area contributed by atoms with E-state index >= 15 is 0 Å². The van der Waals surface area contributed by atoms with Crippen molar-refractivity contribution in [3.63, 3.8) is 0 Å². The van der Waals surface area contributed by atoms with E-state index in [0.29, 0.717) is 23.6 Å². The van der Waals surface area contributed by atoms with Gasteiger partial charge in [0, 0.05) is 5.69 Å². The first-order chi connectivity index (χ1) is 14.0. The summed E-state index contributed by atoms with van der Waals surface area (Å²) < 4.78 is 18.6. The molecule has 3 aromatic carbocycles. The average Bonchev–Trinajstić information content (AvgIpc) is 2.74. The third-order valence-electron chi connectivity index (χ3n) is 4.18. The summed E-state index contributed by atoms with van der Waals surface area (Å²) in [4.78, 5) is 12.3. The number of amides is 1. The average molecular weight is 386 g/mol. The van der Waals surface area contributed by atoms with E-state index in [1.807, 2.05) is 25.1 Å². The molecule has 0 spiro atoms. The normalized spacial score (nSPS) is 10.9. The SMILES string of the molecule is Cc1ccc(NC(=O)/C(C#N)=C/c2ccc(OCc3ccc(F)cc3)cc2)cc1. The van der Waals surface area contributed by atoms with Gasteiger partial charge in [0.15, 0.2) is 0 Å². The molecule has 0 unspecified atom stereocenters. The molecule has 29 heavy (non-hydrogen) atoms. The number of hydrogen-bond acceptors (Lipinski definition) is 3. The van der Waals surface area contributed by atoms with Crippen LogP contribution in [0.15, 0.2) is 78.4 Å². The van der Waals surface area contributed by atoms with Gasteiger partial charge in [-0.2, -0.15) is 5.26 Å². The summed E-state index contributed by atoms with van der Waals surface area (Å²) in [6.45, 7) is 2.27. The first-order valence-corrected chi connectivity index (χ1v) is 9.00. The minimum absolute atomic E-state index is 0.00514. The number of nitriles is 1. The van der Waals surface area contributed by atoms with Crippen LogP contribution in [-0.4, -0.2) is 5.91 Å². The number of benzene rings is 3. The van der Waals surface area contributed by atoms with Crippen LogP contribution in [0.4, 0.5) is 10.1 Å². The summed E-state index contributed by atoms with van der Waals surface area (Å²) in [5, 5.41) is 12.0. The largest absolute Gasteiger partial charge is 0.489 e. The number of hydrogen-bond donors (Lipinski definition) is 1. The molecule has 0 atom stereocenters. The number of nitrogens with one attached hydrogen (secondary N) is 1. The van der Waals surface area contributed by atoms with Gasteiger partial charge in [0.05, 0.1) is 0 Å². The molecule has 4 nitrogen and oxygen atoms in total. The summed E-state index contributed by atoms with van der Waals surface area (Å²) in [6.07, 6.45) is 1.52. The lowest BCUT2D eigenvalue weighted by atomic mass is 10.1. The second-order valence-corrected chi connectivity index (χ2v) is 6.47. The molecule has 0 heterocycles. The van der Waals surface area contributed by atoms with Crippen molar-refractivity contribution >= 4 is 17.7 Å². The topological polar surface area (TPSA) is 62.1 Å². The molecular weight excluding hydrogens is 367 g/mol. The van der Waals surface area contributed by atoms with Crippen molar-refractivity contribution in [3.8, 4) is 11.8 Å². The van der Waals surface area contributed by atoms with Crippen molar-refractivity contribution in [2.75, 3.05) is 5.32 Å². The lowest BCUT2D eigenvalue weighted by Crippen LogP contribution is -2.13. The number of anilines is 1. The van der Waals surface area contributed by atoms with Crippen LogP contribution < -0.4 is 10.1 Å². The van der Waals surface area contributed by atoms with Crippen LogP contribution in [0.5, 0.6) is 5.75 Å². The first kappa shape index (κ1) is 19.8. The Kier molecular flexibility index (Phi) is 6.39. The lowest BCUT2D eigenvalue weighted by Gasteiger charge is -2.07. The van der Waals surface area contributed by atoms with Gasteiger partial charge in [-0.1, -0.05) is 42.0 Å². The summed E-state index contributed by atoms with van der Waals surface area (Å²) in [5.74, 6) is -0.119. The quantitative estimate of drug-likeness (QED) is 0.464. The van der Waals surface area contributed by atoms with E-state index in [1.54, 1.807) is 48.5 Å². The third kappa shape index (κ3) is 5.78. The van der Waals surface area contributed by atoms with Crippen LogP contribution in [0, 0.1) is 24.1 Å². The smallest absolute Gasteiger partial charge is 0.266 e. The minimum Gasteiger partial charge on any atom is -0.489 e.